The second-order valence-corrected chi connectivity index (χ2v) is 5.27. The molecule has 0 fully saturated rings. The average Bonchev–Trinajstić information content (AvgIpc) is 3.04. The summed E-state index contributed by atoms with van der Waals surface area (Å²) in [5.74, 6) is -0.133. The van der Waals surface area contributed by atoms with Gasteiger partial charge in [0.15, 0.2) is 0 Å². The van der Waals surface area contributed by atoms with Crippen LogP contribution < -0.4 is 0 Å². The zero-order valence-electron chi connectivity index (χ0n) is 10.9. The van der Waals surface area contributed by atoms with Gasteiger partial charge in [-0.2, -0.15) is 0 Å². The Labute approximate surface area is 115 Å². The number of aromatic nitrogens is 1. The lowest BCUT2D eigenvalue weighted by Crippen LogP contribution is -2.29. The molecule has 6 heteroatoms. The molecule has 102 valence electrons. The molecule has 0 spiro atoms. The van der Waals surface area contributed by atoms with Crippen molar-refractivity contribution in [2.75, 3.05) is 13.6 Å². The molecule has 1 amide bonds. The molecule has 1 N–H and O–H groups in total. The molecule has 19 heavy (non-hydrogen) atoms. The minimum atomic E-state index is -0.410. The first-order valence-electron chi connectivity index (χ1n) is 5.99. The van der Waals surface area contributed by atoms with Gasteiger partial charge >= 0.3 is 0 Å². The zero-order valence-corrected chi connectivity index (χ0v) is 11.7. The van der Waals surface area contributed by atoms with Gasteiger partial charge in [-0.3, -0.25) is 4.79 Å². The van der Waals surface area contributed by atoms with Gasteiger partial charge in [0.2, 0.25) is 0 Å². The number of thiazole rings is 1. The first-order valence-corrected chi connectivity index (χ1v) is 6.87. The van der Waals surface area contributed by atoms with E-state index >= 15 is 0 Å². The number of rotatable bonds is 5. The standard InChI is InChI=1S/C13H16N2O3S/c1-9(16)3-5-15(2)13(17)11-8-19-12(14-11)10-4-6-18-7-10/h4,6-9,16H,3,5H2,1-2H3. The zero-order chi connectivity index (χ0) is 13.8. The summed E-state index contributed by atoms with van der Waals surface area (Å²) in [4.78, 5) is 18.0. The number of aliphatic hydroxyl groups excluding tert-OH is 1. The third kappa shape index (κ3) is 3.42. The van der Waals surface area contributed by atoms with Crippen molar-refractivity contribution < 1.29 is 14.3 Å². The molecule has 2 rings (SSSR count). The van der Waals surface area contributed by atoms with Crippen LogP contribution >= 0.6 is 11.3 Å². The molecule has 1 unspecified atom stereocenters. The molecule has 2 aromatic rings. The van der Waals surface area contributed by atoms with E-state index in [1.807, 2.05) is 6.07 Å². The second-order valence-electron chi connectivity index (χ2n) is 4.41. The van der Waals surface area contributed by atoms with Crippen LogP contribution in [-0.4, -0.2) is 40.6 Å². The maximum absolute atomic E-state index is 12.1. The van der Waals surface area contributed by atoms with Crippen LogP contribution in [-0.2, 0) is 0 Å². The highest BCUT2D eigenvalue weighted by Crippen LogP contribution is 2.24. The van der Waals surface area contributed by atoms with Gasteiger partial charge in [-0.05, 0) is 19.4 Å². The Hall–Kier alpha value is -1.66. The highest BCUT2D eigenvalue weighted by atomic mass is 32.1. The van der Waals surface area contributed by atoms with Gasteiger partial charge in [0.1, 0.15) is 17.0 Å². The van der Waals surface area contributed by atoms with Crippen LogP contribution in [0.4, 0.5) is 0 Å². The summed E-state index contributed by atoms with van der Waals surface area (Å²) in [6.07, 6.45) is 3.32. The van der Waals surface area contributed by atoms with Crippen LogP contribution in [0.5, 0.6) is 0 Å². The van der Waals surface area contributed by atoms with Crippen LogP contribution in [0.1, 0.15) is 23.8 Å². The van der Waals surface area contributed by atoms with Crippen molar-refractivity contribution in [1.29, 1.82) is 0 Å². The molecule has 0 aliphatic heterocycles. The van der Waals surface area contributed by atoms with E-state index in [0.717, 1.165) is 10.6 Å². The van der Waals surface area contributed by atoms with Crippen LogP contribution in [0.2, 0.25) is 0 Å². The highest BCUT2D eigenvalue weighted by molar-refractivity contribution is 7.13. The van der Waals surface area contributed by atoms with Crippen LogP contribution in [0.3, 0.4) is 0 Å². The molecule has 0 saturated heterocycles. The van der Waals surface area contributed by atoms with Gasteiger partial charge in [0.25, 0.3) is 5.91 Å². The monoisotopic (exact) mass is 280 g/mol. The van der Waals surface area contributed by atoms with Gasteiger partial charge in [0, 0.05) is 24.5 Å². The van der Waals surface area contributed by atoms with Gasteiger partial charge in [0.05, 0.1) is 12.4 Å². The fraction of sp³-hybridized carbons (Fsp3) is 0.385. The van der Waals surface area contributed by atoms with Crippen LogP contribution in [0.15, 0.2) is 28.4 Å². The van der Waals surface area contributed by atoms with Crippen molar-refractivity contribution >= 4 is 17.2 Å². The van der Waals surface area contributed by atoms with E-state index in [1.54, 1.807) is 36.8 Å². The number of carbonyl (C=O) groups is 1. The van der Waals surface area contributed by atoms with E-state index in [1.165, 1.54) is 11.3 Å². The number of furan rings is 1. The maximum atomic E-state index is 12.1. The summed E-state index contributed by atoms with van der Waals surface area (Å²) >= 11 is 1.41. The second kappa shape index (κ2) is 5.99. The first-order chi connectivity index (χ1) is 9.08. The SMILES string of the molecule is CC(O)CCN(C)C(=O)c1csc(-c2ccoc2)n1. The normalized spacial score (nSPS) is 12.4. The van der Waals surface area contributed by atoms with E-state index in [4.69, 9.17) is 4.42 Å². The smallest absolute Gasteiger partial charge is 0.273 e. The summed E-state index contributed by atoms with van der Waals surface area (Å²) < 4.78 is 4.99. The molecule has 2 aromatic heterocycles. The van der Waals surface area contributed by atoms with Gasteiger partial charge in [-0.15, -0.1) is 11.3 Å². The lowest BCUT2D eigenvalue weighted by Gasteiger charge is -2.16. The minimum absolute atomic E-state index is 0.133. The van der Waals surface area contributed by atoms with Crippen molar-refractivity contribution in [2.24, 2.45) is 0 Å². The van der Waals surface area contributed by atoms with Crippen molar-refractivity contribution in [3.63, 3.8) is 0 Å². The first kappa shape index (κ1) is 13.8. The molecule has 0 aliphatic rings. The lowest BCUT2D eigenvalue weighted by atomic mass is 10.2. The van der Waals surface area contributed by atoms with Gasteiger partial charge in [-0.1, -0.05) is 0 Å². The molecule has 1 atom stereocenters. The molecule has 5 nitrogen and oxygen atoms in total. The summed E-state index contributed by atoms with van der Waals surface area (Å²) in [7, 11) is 1.71. The number of hydrogen-bond donors (Lipinski definition) is 1. The number of hydrogen-bond acceptors (Lipinski definition) is 5. The Morgan fingerprint density at radius 2 is 2.42 bits per heavy atom. The molecule has 0 aliphatic carbocycles. The maximum Gasteiger partial charge on any atom is 0.273 e. The number of nitrogens with zero attached hydrogens (tertiary/aromatic N) is 2. The topological polar surface area (TPSA) is 66.6 Å². The third-order valence-corrected chi connectivity index (χ3v) is 3.61. The Morgan fingerprint density at radius 1 is 1.63 bits per heavy atom. The van der Waals surface area contributed by atoms with Crippen molar-refractivity contribution in [1.82, 2.24) is 9.88 Å². The predicted molar refractivity (Wildman–Crippen MR) is 73.1 cm³/mol. The molecule has 0 aromatic carbocycles. The largest absolute Gasteiger partial charge is 0.472 e. The highest BCUT2D eigenvalue weighted by Gasteiger charge is 2.16. The van der Waals surface area contributed by atoms with E-state index in [9.17, 15) is 9.90 Å². The van der Waals surface area contributed by atoms with Crippen molar-refractivity contribution in [2.45, 2.75) is 19.4 Å². The van der Waals surface area contributed by atoms with Crippen molar-refractivity contribution in [3.05, 3.63) is 29.7 Å². The fourth-order valence-corrected chi connectivity index (χ4v) is 2.35. The molecule has 0 radical (unpaired) electrons. The summed E-state index contributed by atoms with van der Waals surface area (Å²) in [5.41, 5.74) is 1.30. The lowest BCUT2D eigenvalue weighted by molar-refractivity contribution is 0.0764. The number of amides is 1. The fourth-order valence-electron chi connectivity index (χ4n) is 1.57. The van der Waals surface area contributed by atoms with Crippen LogP contribution in [0.25, 0.3) is 10.6 Å². The van der Waals surface area contributed by atoms with E-state index in [2.05, 4.69) is 4.98 Å². The summed E-state index contributed by atoms with van der Waals surface area (Å²) in [5, 5.41) is 11.7. The Bertz CT molecular complexity index is 534. The molecular formula is C13H16N2O3S. The predicted octanol–water partition coefficient (Wildman–Crippen LogP) is 2.25. The van der Waals surface area contributed by atoms with Crippen LogP contribution in [0, 0.1) is 0 Å². The van der Waals surface area contributed by atoms with E-state index in [-0.39, 0.29) is 5.91 Å². The molecule has 0 bridgehead atoms. The number of aliphatic hydroxyl groups is 1. The van der Waals surface area contributed by atoms with E-state index < -0.39 is 6.10 Å². The van der Waals surface area contributed by atoms with Gasteiger partial charge < -0.3 is 14.4 Å². The third-order valence-electron chi connectivity index (χ3n) is 2.72. The molecular weight excluding hydrogens is 264 g/mol. The average molecular weight is 280 g/mol. The Balaban J connectivity index is 2.04. The minimum Gasteiger partial charge on any atom is -0.472 e. The van der Waals surface area contributed by atoms with E-state index in [0.29, 0.717) is 18.7 Å². The van der Waals surface area contributed by atoms with Gasteiger partial charge in [-0.25, -0.2) is 4.98 Å². The Kier molecular flexibility index (Phi) is 4.34. The summed E-state index contributed by atoms with van der Waals surface area (Å²) in [6.45, 7) is 2.22. The quantitative estimate of drug-likeness (QED) is 0.912. The number of carbonyl (C=O) groups excluding carboxylic acids is 1. The molecule has 2 heterocycles. The Morgan fingerprint density at radius 3 is 3.05 bits per heavy atom. The van der Waals surface area contributed by atoms with Crippen molar-refractivity contribution in [3.8, 4) is 10.6 Å². The summed E-state index contributed by atoms with van der Waals surface area (Å²) in [6, 6.07) is 1.81. The molecule has 0 saturated carbocycles.